The third-order valence-electron chi connectivity index (χ3n) is 6.29. The normalized spacial score (nSPS) is 12.2. The lowest BCUT2D eigenvalue weighted by atomic mass is 10.0. The van der Waals surface area contributed by atoms with Gasteiger partial charge in [0.1, 0.15) is 23.3 Å². The highest BCUT2D eigenvalue weighted by molar-refractivity contribution is 7.89. The number of anilines is 2. The molecule has 4 aromatic rings. The van der Waals surface area contributed by atoms with E-state index in [-0.39, 0.29) is 9.92 Å². The summed E-state index contributed by atoms with van der Waals surface area (Å²) in [4.78, 5) is 11.3. The molecule has 0 heterocycles. The van der Waals surface area contributed by atoms with Crippen LogP contribution in [0.15, 0.2) is 95.9 Å². The Hall–Kier alpha value is -3.85. The van der Waals surface area contributed by atoms with E-state index in [1.807, 2.05) is 60.7 Å². The number of carboxylic acid groups (broad SMARTS) is 1. The quantitative estimate of drug-likeness (QED) is 0.176. The topological polar surface area (TPSA) is 105 Å². The molecule has 1 atom stereocenters. The van der Waals surface area contributed by atoms with Gasteiger partial charge in [0, 0.05) is 11.4 Å². The lowest BCUT2D eigenvalue weighted by Gasteiger charge is -2.18. The Morgan fingerprint density at radius 2 is 1.57 bits per heavy atom. The van der Waals surface area contributed by atoms with Crippen molar-refractivity contribution in [2.45, 2.75) is 38.3 Å². The van der Waals surface area contributed by atoms with E-state index in [2.05, 4.69) is 29.1 Å². The lowest BCUT2D eigenvalue weighted by molar-refractivity contribution is -0.140. The highest BCUT2D eigenvalue weighted by atomic mass is 35.5. The number of halogens is 1. The molecule has 7 nitrogen and oxygen atoms in total. The fraction of sp³-hybridized carbons (Fsp3) is 0.194. The number of rotatable bonds is 11. The van der Waals surface area contributed by atoms with Gasteiger partial charge in [-0.15, -0.1) is 0 Å². The molecular formula is C31H31ClN2O5S. The molecule has 4 aromatic carbocycles. The number of aliphatic carboxylic acids is 1. The third kappa shape index (κ3) is 7.41. The third-order valence-corrected chi connectivity index (χ3v) is 8.21. The van der Waals surface area contributed by atoms with E-state index in [1.54, 1.807) is 26.0 Å². The lowest BCUT2D eigenvalue weighted by Crippen LogP contribution is -2.44. The largest absolute Gasteiger partial charge is 0.489 e. The van der Waals surface area contributed by atoms with E-state index in [0.717, 1.165) is 33.8 Å². The fourth-order valence-corrected chi connectivity index (χ4v) is 5.97. The van der Waals surface area contributed by atoms with Crippen LogP contribution in [0.5, 0.6) is 5.75 Å². The van der Waals surface area contributed by atoms with E-state index in [1.165, 1.54) is 11.6 Å². The Bertz CT molecular complexity index is 1590. The highest BCUT2D eigenvalue weighted by Crippen LogP contribution is 2.29. The van der Waals surface area contributed by atoms with E-state index < -0.39 is 28.0 Å². The van der Waals surface area contributed by atoms with E-state index in [9.17, 15) is 18.3 Å². The number of nitrogens with one attached hydrogen (secondary N) is 2. The number of hydrogen-bond donors (Lipinski definition) is 3. The molecule has 40 heavy (non-hydrogen) atoms. The number of ether oxygens (including phenoxy) is 1. The van der Waals surface area contributed by atoms with Gasteiger partial charge in [0.25, 0.3) is 0 Å². The molecule has 0 aromatic heterocycles. The van der Waals surface area contributed by atoms with Crippen LogP contribution < -0.4 is 14.8 Å². The second kappa shape index (κ2) is 12.6. The summed E-state index contributed by atoms with van der Waals surface area (Å²) in [6.07, 6.45) is 0. The monoisotopic (exact) mass is 578 g/mol. The molecule has 208 valence electrons. The molecule has 0 aliphatic heterocycles. The molecule has 0 bridgehead atoms. The van der Waals surface area contributed by atoms with Crippen molar-refractivity contribution in [3.8, 4) is 16.9 Å². The minimum Gasteiger partial charge on any atom is -0.489 e. The van der Waals surface area contributed by atoms with Gasteiger partial charge in [-0.1, -0.05) is 67.9 Å². The summed E-state index contributed by atoms with van der Waals surface area (Å²) in [5.41, 5.74) is 5.73. The average molecular weight is 579 g/mol. The van der Waals surface area contributed by atoms with Gasteiger partial charge in [-0.3, -0.25) is 4.79 Å². The number of carboxylic acids is 1. The van der Waals surface area contributed by atoms with E-state index in [4.69, 9.17) is 16.3 Å². The van der Waals surface area contributed by atoms with Crippen LogP contribution in [0.25, 0.3) is 11.1 Å². The maximum absolute atomic E-state index is 12.8. The molecule has 0 saturated carbocycles. The zero-order chi connectivity index (χ0) is 28.9. The van der Waals surface area contributed by atoms with Gasteiger partial charge in [-0.25, -0.2) is 8.42 Å². The molecule has 9 heteroatoms. The molecule has 0 amide bonds. The van der Waals surface area contributed by atoms with Crippen molar-refractivity contribution in [3.05, 3.63) is 107 Å². The van der Waals surface area contributed by atoms with Gasteiger partial charge in [-0.2, -0.15) is 4.72 Å². The molecule has 3 N–H and O–H groups in total. The smallest absolute Gasteiger partial charge is 0.322 e. The van der Waals surface area contributed by atoms with Crippen LogP contribution in [-0.2, 0) is 21.4 Å². The summed E-state index contributed by atoms with van der Waals surface area (Å²) in [5, 5.41) is 12.7. The summed E-state index contributed by atoms with van der Waals surface area (Å²) < 4.78 is 33.7. The Morgan fingerprint density at radius 1 is 0.900 bits per heavy atom. The molecule has 0 radical (unpaired) electrons. The minimum atomic E-state index is -4.12. The molecule has 0 aliphatic rings. The number of carbonyl (C=O) groups is 1. The van der Waals surface area contributed by atoms with Crippen molar-refractivity contribution in [2.24, 2.45) is 5.92 Å². The highest BCUT2D eigenvalue weighted by Gasteiger charge is 2.29. The summed E-state index contributed by atoms with van der Waals surface area (Å²) in [6, 6.07) is 26.9. The molecule has 0 saturated heterocycles. The fourth-order valence-electron chi connectivity index (χ4n) is 4.08. The number of benzene rings is 4. The first-order valence-corrected chi connectivity index (χ1v) is 14.6. The van der Waals surface area contributed by atoms with E-state index >= 15 is 0 Å². The van der Waals surface area contributed by atoms with Gasteiger partial charge < -0.3 is 15.2 Å². The number of aryl methyl sites for hydroxylation is 1. The number of hydrogen-bond acceptors (Lipinski definition) is 5. The zero-order valence-electron chi connectivity index (χ0n) is 22.4. The predicted octanol–water partition coefficient (Wildman–Crippen LogP) is 7.03. The summed E-state index contributed by atoms with van der Waals surface area (Å²) >= 11 is 6.33. The van der Waals surface area contributed by atoms with Crippen molar-refractivity contribution in [1.29, 1.82) is 0 Å². The van der Waals surface area contributed by atoms with Gasteiger partial charge in [0.05, 0.1) is 5.02 Å². The van der Waals surface area contributed by atoms with E-state index in [0.29, 0.717) is 6.61 Å². The summed E-state index contributed by atoms with van der Waals surface area (Å²) in [5.74, 6) is -0.936. The summed E-state index contributed by atoms with van der Waals surface area (Å²) in [6.45, 7) is 5.69. The standard InChI is InChI=1S/C31H31ClN2O5S/c1-20(2)30(31(35)36)34-40(37,38)29-16-11-24(18-28(29)32)23-9-7-22(8-10-23)19-39-27-14-12-25(13-15-27)33-26-6-4-5-21(3)17-26/h4-18,20,30,33-34H,19H2,1-3H3,(H,35,36)/t30-/m1/s1. The first-order chi connectivity index (χ1) is 19.0. The zero-order valence-corrected chi connectivity index (χ0v) is 24.0. The molecule has 0 aliphatic carbocycles. The molecule has 0 spiro atoms. The van der Waals surface area contributed by atoms with Gasteiger partial charge in [-0.05, 0) is 83.6 Å². The molecule has 4 rings (SSSR count). The van der Waals surface area contributed by atoms with Crippen molar-refractivity contribution in [2.75, 3.05) is 5.32 Å². The first kappa shape index (κ1) is 29.1. The molecule has 0 unspecified atom stereocenters. The second-order valence-corrected chi connectivity index (χ2v) is 11.9. The van der Waals surface area contributed by atoms with Crippen molar-refractivity contribution in [1.82, 2.24) is 4.72 Å². The number of sulfonamides is 1. The van der Waals surface area contributed by atoms with Gasteiger partial charge in [0.2, 0.25) is 10.0 Å². The van der Waals surface area contributed by atoms with Crippen LogP contribution in [0.3, 0.4) is 0 Å². The van der Waals surface area contributed by atoms with Crippen LogP contribution in [0.1, 0.15) is 25.0 Å². The van der Waals surface area contributed by atoms with Crippen molar-refractivity contribution in [3.63, 3.8) is 0 Å². The average Bonchev–Trinajstić information content (AvgIpc) is 2.91. The minimum absolute atomic E-state index is 0.00522. The van der Waals surface area contributed by atoms with Crippen LogP contribution in [-0.4, -0.2) is 25.5 Å². The van der Waals surface area contributed by atoms with Crippen LogP contribution in [0, 0.1) is 12.8 Å². The van der Waals surface area contributed by atoms with Crippen molar-refractivity contribution < 1.29 is 23.1 Å². The Kier molecular flexibility index (Phi) is 9.14. The Morgan fingerprint density at radius 3 is 2.17 bits per heavy atom. The first-order valence-electron chi connectivity index (χ1n) is 12.7. The SMILES string of the molecule is Cc1cccc(Nc2ccc(OCc3ccc(-c4ccc(S(=O)(=O)N[C@@H](C(=O)O)C(C)C)c(Cl)c4)cc3)cc2)c1. The maximum Gasteiger partial charge on any atom is 0.322 e. The predicted molar refractivity (Wildman–Crippen MR) is 159 cm³/mol. The van der Waals surface area contributed by atoms with Crippen molar-refractivity contribution >= 4 is 39.0 Å². The van der Waals surface area contributed by atoms with Crippen LogP contribution in [0.2, 0.25) is 5.02 Å². The molecular weight excluding hydrogens is 548 g/mol. The summed E-state index contributed by atoms with van der Waals surface area (Å²) in [7, 11) is -4.12. The van der Waals surface area contributed by atoms with Crippen LogP contribution >= 0.6 is 11.6 Å². The van der Waals surface area contributed by atoms with Gasteiger partial charge in [0.15, 0.2) is 0 Å². The van der Waals surface area contributed by atoms with Crippen LogP contribution in [0.4, 0.5) is 11.4 Å². The second-order valence-electron chi connectivity index (χ2n) is 9.83. The molecule has 0 fully saturated rings. The Balaban J connectivity index is 1.38. The Labute approximate surface area is 239 Å². The maximum atomic E-state index is 12.8. The van der Waals surface area contributed by atoms with Gasteiger partial charge >= 0.3 is 5.97 Å².